The van der Waals surface area contributed by atoms with E-state index in [-0.39, 0.29) is 11.9 Å². The third-order valence-electron chi connectivity index (χ3n) is 7.42. The minimum atomic E-state index is -0.790. The van der Waals surface area contributed by atoms with Crippen LogP contribution in [0.25, 0.3) is 0 Å². The quantitative estimate of drug-likeness (QED) is 0.136. The number of hydrogen-bond donors (Lipinski definition) is 3. The minimum Gasteiger partial charge on any atom is -0.496 e. The number of anilines is 1. The number of alkyl carbamates (subject to hydrolysis) is 1. The van der Waals surface area contributed by atoms with E-state index in [9.17, 15) is 14.4 Å². The molecule has 3 N–H and O–H groups in total. The van der Waals surface area contributed by atoms with Crippen molar-refractivity contribution in [2.24, 2.45) is 4.99 Å². The number of guanidine groups is 1. The first-order valence-electron chi connectivity index (χ1n) is 15.4. The molecule has 0 saturated carbocycles. The summed E-state index contributed by atoms with van der Waals surface area (Å²) in [5, 5.41) is 8.18. The molecule has 0 saturated heterocycles. The minimum absolute atomic E-state index is 0.145. The third kappa shape index (κ3) is 10.0. The second-order valence-corrected chi connectivity index (χ2v) is 12.3. The molecule has 47 heavy (non-hydrogen) atoms. The second-order valence-electron chi connectivity index (χ2n) is 12.3. The van der Waals surface area contributed by atoms with Crippen molar-refractivity contribution < 1.29 is 23.9 Å². The van der Waals surface area contributed by atoms with Crippen molar-refractivity contribution in [2.45, 2.75) is 60.0 Å². The van der Waals surface area contributed by atoms with Gasteiger partial charge in [0.25, 0.3) is 11.8 Å². The summed E-state index contributed by atoms with van der Waals surface area (Å²) >= 11 is 0. The fourth-order valence-corrected chi connectivity index (χ4v) is 4.73. The average molecular weight is 635 g/mol. The molecule has 0 unspecified atom stereocenters. The van der Waals surface area contributed by atoms with E-state index >= 15 is 0 Å². The third-order valence-corrected chi connectivity index (χ3v) is 7.42. The predicted octanol–water partition coefficient (Wildman–Crippen LogP) is 7.60. The molecule has 0 heterocycles. The molecule has 3 amide bonds. The first-order chi connectivity index (χ1) is 22.3. The van der Waals surface area contributed by atoms with Gasteiger partial charge in [0.05, 0.1) is 12.8 Å². The molecule has 0 aliphatic heterocycles. The largest absolute Gasteiger partial charge is 0.496 e. The number of nitrogens with one attached hydrogen (secondary N) is 3. The van der Waals surface area contributed by atoms with Crippen LogP contribution in [-0.4, -0.2) is 36.6 Å². The number of rotatable bonds is 8. The normalized spacial score (nSPS) is 11.4. The van der Waals surface area contributed by atoms with Crippen molar-refractivity contribution in [1.82, 2.24) is 10.6 Å². The average Bonchev–Trinajstić information content (AvgIpc) is 3.02. The van der Waals surface area contributed by atoms with Gasteiger partial charge in [0.2, 0.25) is 5.96 Å². The molecule has 0 bridgehead atoms. The Hall–Kier alpha value is -5.44. The van der Waals surface area contributed by atoms with Crippen LogP contribution in [-0.2, 0) is 17.6 Å². The smallest absolute Gasteiger partial charge is 0.414 e. The van der Waals surface area contributed by atoms with E-state index in [0.717, 1.165) is 35.1 Å². The van der Waals surface area contributed by atoms with Gasteiger partial charge >= 0.3 is 6.09 Å². The Bertz CT molecular complexity index is 1770. The maximum absolute atomic E-state index is 13.3. The van der Waals surface area contributed by atoms with E-state index in [2.05, 4.69) is 33.1 Å². The van der Waals surface area contributed by atoms with Crippen LogP contribution in [0.5, 0.6) is 5.75 Å². The van der Waals surface area contributed by atoms with Crippen LogP contribution in [0.1, 0.15) is 69.3 Å². The van der Waals surface area contributed by atoms with Gasteiger partial charge in [-0.25, -0.2) is 9.79 Å². The van der Waals surface area contributed by atoms with Crippen molar-refractivity contribution in [1.29, 1.82) is 0 Å². The van der Waals surface area contributed by atoms with Crippen molar-refractivity contribution >= 4 is 35.2 Å². The molecule has 4 aromatic carbocycles. The summed E-state index contributed by atoms with van der Waals surface area (Å²) in [7, 11) is 1.54. The van der Waals surface area contributed by atoms with Crippen LogP contribution in [0.4, 0.5) is 16.2 Å². The highest BCUT2D eigenvalue weighted by molar-refractivity contribution is 6.10. The monoisotopic (exact) mass is 634 g/mol. The Morgan fingerprint density at radius 3 is 2.02 bits per heavy atom. The van der Waals surface area contributed by atoms with Gasteiger partial charge < -0.3 is 14.8 Å². The van der Waals surface area contributed by atoms with Crippen LogP contribution in [0, 0.1) is 20.8 Å². The standard InChI is InChI=1S/C38H42N4O5/c1-24-13-20-31(23-32(24)40-34(43)29-18-16-28(17-19-29)15-14-27-11-9-8-10-12-27)39-36(42-37(45)47-38(4,5)6)41-35(44)30-21-25(2)26(3)33(22-30)46-7/h8-13,16-23H,14-15H2,1-7H3,(H,40,43)(H2,39,41,42,44,45). The Balaban J connectivity index is 1.53. The molecule has 4 aromatic rings. The number of methoxy groups -OCH3 is 1. The lowest BCUT2D eigenvalue weighted by molar-refractivity contribution is 0.0561. The number of hydrogen-bond acceptors (Lipinski definition) is 6. The predicted molar refractivity (Wildman–Crippen MR) is 186 cm³/mol. The second kappa shape index (κ2) is 15.2. The summed E-state index contributed by atoms with van der Waals surface area (Å²) in [6.45, 7) is 10.8. The number of aliphatic imine (C=N–C) groups is 1. The van der Waals surface area contributed by atoms with E-state index in [4.69, 9.17) is 9.47 Å². The summed E-state index contributed by atoms with van der Waals surface area (Å²) in [6, 6.07) is 26.4. The maximum Gasteiger partial charge on any atom is 0.414 e. The van der Waals surface area contributed by atoms with Crippen molar-refractivity contribution in [3.8, 4) is 5.75 Å². The van der Waals surface area contributed by atoms with E-state index in [1.165, 1.54) is 12.7 Å². The van der Waals surface area contributed by atoms with Gasteiger partial charge in [-0.05, 0) is 119 Å². The molecule has 244 valence electrons. The van der Waals surface area contributed by atoms with Crippen LogP contribution in [0.2, 0.25) is 0 Å². The topological polar surface area (TPSA) is 118 Å². The zero-order valence-corrected chi connectivity index (χ0v) is 28.0. The number of carbonyl (C=O) groups is 3. The zero-order valence-electron chi connectivity index (χ0n) is 28.0. The van der Waals surface area contributed by atoms with E-state index in [0.29, 0.717) is 28.3 Å². The Morgan fingerprint density at radius 1 is 0.723 bits per heavy atom. The number of nitrogens with zero attached hydrogens (tertiary/aromatic N) is 1. The Kier molecular flexibility index (Phi) is 11.2. The lowest BCUT2D eigenvalue weighted by Crippen LogP contribution is -2.45. The molecule has 9 nitrogen and oxygen atoms in total. The van der Waals surface area contributed by atoms with Crippen molar-refractivity contribution in [3.63, 3.8) is 0 Å². The molecule has 0 radical (unpaired) electrons. The fraction of sp³-hybridized carbons (Fsp3) is 0.263. The summed E-state index contributed by atoms with van der Waals surface area (Å²) in [5.41, 5.74) is 5.99. The van der Waals surface area contributed by atoms with E-state index in [1.54, 1.807) is 51.1 Å². The van der Waals surface area contributed by atoms with E-state index in [1.807, 2.05) is 63.2 Å². The molecular weight excluding hydrogens is 592 g/mol. The zero-order chi connectivity index (χ0) is 34.1. The molecule has 4 rings (SSSR count). The van der Waals surface area contributed by atoms with Crippen LogP contribution in [0.3, 0.4) is 0 Å². The van der Waals surface area contributed by atoms with Gasteiger partial charge in [0.1, 0.15) is 11.4 Å². The highest BCUT2D eigenvalue weighted by atomic mass is 16.6. The highest BCUT2D eigenvalue weighted by Gasteiger charge is 2.20. The van der Waals surface area contributed by atoms with Gasteiger partial charge in [-0.15, -0.1) is 0 Å². The first-order valence-corrected chi connectivity index (χ1v) is 15.4. The van der Waals surface area contributed by atoms with Crippen molar-refractivity contribution in [3.05, 3.63) is 124 Å². The molecule has 0 aromatic heterocycles. The molecule has 0 aliphatic carbocycles. The Morgan fingerprint density at radius 2 is 1.38 bits per heavy atom. The summed E-state index contributed by atoms with van der Waals surface area (Å²) in [4.78, 5) is 43.7. The lowest BCUT2D eigenvalue weighted by atomic mass is 10.0. The SMILES string of the molecule is COc1cc(C(=O)NC(=Nc2ccc(C)c(NC(=O)c3ccc(CCc4ccccc4)cc3)c2)NC(=O)OC(C)(C)C)cc(C)c1C. The Labute approximate surface area is 276 Å². The summed E-state index contributed by atoms with van der Waals surface area (Å²) in [5.74, 6) is -0.356. The highest BCUT2D eigenvalue weighted by Crippen LogP contribution is 2.25. The van der Waals surface area contributed by atoms with Gasteiger partial charge in [0, 0.05) is 16.8 Å². The van der Waals surface area contributed by atoms with Gasteiger partial charge in [-0.2, -0.15) is 0 Å². The van der Waals surface area contributed by atoms with Gasteiger partial charge in [-0.3, -0.25) is 20.2 Å². The molecule has 9 heteroatoms. The number of ether oxygens (including phenoxy) is 2. The van der Waals surface area contributed by atoms with Crippen LogP contribution < -0.4 is 20.7 Å². The molecule has 0 atom stereocenters. The number of amides is 3. The summed E-state index contributed by atoms with van der Waals surface area (Å²) < 4.78 is 10.8. The van der Waals surface area contributed by atoms with E-state index < -0.39 is 17.6 Å². The van der Waals surface area contributed by atoms with Crippen LogP contribution >= 0.6 is 0 Å². The molecule has 0 aliphatic rings. The summed E-state index contributed by atoms with van der Waals surface area (Å²) in [6.07, 6.45) is 1.00. The van der Waals surface area contributed by atoms with Crippen LogP contribution in [0.15, 0.2) is 89.9 Å². The number of aryl methyl sites for hydroxylation is 4. The molecular formula is C38H42N4O5. The maximum atomic E-state index is 13.3. The van der Waals surface area contributed by atoms with Gasteiger partial charge in [-0.1, -0.05) is 48.5 Å². The lowest BCUT2D eigenvalue weighted by Gasteiger charge is -2.20. The van der Waals surface area contributed by atoms with Gasteiger partial charge in [0.15, 0.2) is 0 Å². The first kappa shape index (κ1) is 34.4. The fourth-order valence-electron chi connectivity index (χ4n) is 4.73. The number of benzene rings is 4. The molecule has 0 spiro atoms. The molecule has 0 fully saturated rings. The van der Waals surface area contributed by atoms with Crippen molar-refractivity contribution in [2.75, 3.05) is 12.4 Å². The number of carbonyl (C=O) groups excluding carboxylic acids is 3.